The van der Waals surface area contributed by atoms with E-state index in [2.05, 4.69) is 30.8 Å². The summed E-state index contributed by atoms with van der Waals surface area (Å²) in [5, 5.41) is 17.7. The van der Waals surface area contributed by atoms with Crippen molar-refractivity contribution >= 4 is 11.7 Å². The molecular weight excluding hydrogens is 458 g/mol. The summed E-state index contributed by atoms with van der Waals surface area (Å²) in [6.07, 6.45) is -3.37. The van der Waals surface area contributed by atoms with Gasteiger partial charge < -0.3 is 5.32 Å². The van der Waals surface area contributed by atoms with E-state index in [1.54, 1.807) is 12.1 Å². The number of nitrogens with zero attached hydrogens (tertiary/aromatic N) is 6. The maximum atomic E-state index is 14.3. The van der Waals surface area contributed by atoms with Crippen molar-refractivity contribution in [3.63, 3.8) is 0 Å². The normalized spacial score (nSPS) is 12.4. The number of carbonyl (C=O) groups is 2. The quantitative estimate of drug-likeness (QED) is 0.443. The molecule has 0 unspecified atom stereocenters. The number of pyridine rings is 1. The number of rotatable bonds is 10. The largest absolute Gasteiger partial charge is 0.416 e. The first-order valence-electron chi connectivity index (χ1n) is 10.3. The van der Waals surface area contributed by atoms with Gasteiger partial charge in [0.15, 0.2) is 5.69 Å². The third kappa shape index (κ3) is 7.12. The monoisotopic (exact) mass is 479 g/mol. The summed E-state index contributed by atoms with van der Waals surface area (Å²) in [4.78, 5) is 27.5. The van der Waals surface area contributed by atoms with Gasteiger partial charge in [-0.3, -0.25) is 14.6 Å². The molecule has 3 rings (SSSR count). The molecule has 13 heteroatoms. The highest BCUT2D eigenvalue weighted by Gasteiger charge is 2.30. The summed E-state index contributed by atoms with van der Waals surface area (Å²) < 4.78 is 53.9. The predicted octanol–water partition coefficient (Wildman–Crippen LogP) is 2.17. The van der Waals surface area contributed by atoms with Crippen LogP contribution >= 0.6 is 0 Å². The Kier molecular flexibility index (Phi) is 7.97. The fourth-order valence-electron chi connectivity index (χ4n) is 3.05. The first kappa shape index (κ1) is 24.9. The van der Waals surface area contributed by atoms with Gasteiger partial charge in [0, 0.05) is 25.4 Å². The van der Waals surface area contributed by atoms with Crippen molar-refractivity contribution in [2.45, 2.75) is 44.6 Å². The second kappa shape index (κ2) is 10.9. The van der Waals surface area contributed by atoms with Crippen molar-refractivity contribution in [3.8, 4) is 0 Å². The molecule has 3 heterocycles. The van der Waals surface area contributed by atoms with Crippen LogP contribution in [0, 0.1) is 0 Å². The fourth-order valence-corrected chi connectivity index (χ4v) is 3.05. The molecule has 0 aliphatic rings. The third-order valence-corrected chi connectivity index (χ3v) is 4.77. The van der Waals surface area contributed by atoms with Crippen LogP contribution in [-0.4, -0.2) is 55.1 Å². The molecule has 1 amide bonds. The van der Waals surface area contributed by atoms with Gasteiger partial charge in [-0.1, -0.05) is 5.21 Å². The number of hydrogen-bond acceptors (Lipinski definition) is 7. The van der Waals surface area contributed by atoms with E-state index in [1.165, 1.54) is 17.9 Å². The zero-order chi connectivity index (χ0) is 24.7. The van der Waals surface area contributed by atoms with Gasteiger partial charge in [0.05, 0.1) is 36.1 Å². The lowest BCUT2D eigenvalue weighted by molar-refractivity contribution is -0.137. The molecule has 0 aromatic carbocycles. The van der Waals surface area contributed by atoms with Gasteiger partial charge in [-0.15, -0.1) is 5.10 Å². The van der Waals surface area contributed by atoms with Crippen molar-refractivity contribution < 1.29 is 27.2 Å². The number of ketones is 1. The van der Waals surface area contributed by atoms with E-state index in [4.69, 9.17) is 0 Å². The average Bonchev–Trinajstić information content (AvgIpc) is 3.26. The topological polar surface area (TPSA) is 116 Å². The molecule has 0 fully saturated rings. The van der Waals surface area contributed by atoms with Gasteiger partial charge in [0.25, 0.3) is 5.91 Å². The molecule has 9 nitrogen and oxygen atoms in total. The number of hydrogen-bond donors (Lipinski definition) is 1. The molecule has 1 N–H and O–H groups in total. The highest BCUT2D eigenvalue weighted by atomic mass is 19.4. The zero-order valence-corrected chi connectivity index (χ0v) is 18.1. The average molecular weight is 479 g/mol. The Morgan fingerprint density at radius 1 is 1.06 bits per heavy atom. The number of alkyl halides is 4. The molecule has 0 saturated carbocycles. The Morgan fingerprint density at radius 2 is 1.76 bits per heavy atom. The number of halogens is 4. The van der Waals surface area contributed by atoms with Gasteiger partial charge in [-0.25, -0.2) is 9.07 Å². The molecule has 0 spiro atoms. The minimum atomic E-state index is -4.51. The Bertz CT molecular complexity index is 1130. The van der Waals surface area contributed by atoms with Crippen molar-refractivity contribution in [1.82, 2.24) is 35.5 Å². The maximum Gasteiger partial charge on any atom is 0.416 e. The molecule has 3 aromatic rings. The lowest BCUT2D eigenvalue weighted by Crippen LogP contribution is -2.18. The highest BCUT2D eigenvalue weighted by molar-refractivity contribution is 5.91. The second-order valence-electron chi connectivity index (χ2n) is 7.48. The summed E-state index contributed by atoms with van der Waals surface area (Å²) in [5.74, 6) is -0.775. The molecule has 0 radical (unpaired) electrons. The van der Waals surface area contributed by atoms with Crippen LogP contribution in [0.1, 0.15) is 39.6 Å². The number of aryl methyl sites for hydroxylation is 1. The van der Waals surface area contributed by atoms with Gasteiger partial charge >= 0.3 is 6.18 Å². The first-order chi connectivity index (χ1) is 16.1. The first-order valence-corrected chi connectivity index (χ1v) is 10.3. The molecule has 0 saturated heterocycles. The maximum absolute atomic E-state index is 14.3. The van der Waals surface area contributed by atoms with Crippen LogP contribution < -0.4 is 5.32 Å². The van der Waals surface area contributed by atoms with Crippen molar-refractivity contribution in [1.29, 1.82) is 0 Å². The standard InChI is InChI=1S/C21H21F4N7O2/c1-26-20(34)19-12-32(31-30-19)11-14(22)2-3-15-4-5-16(29-28-15)9-18(33)10-17-8-13(6-7-27-17)21(23,24)25/h4-8,12,14H,2-3,9-11H2,1H3,(H,26,34)/t14-/m1/s1. The second-order valence-corrected chi connectivity index (χ2v) is 7.48. The van der Waals surface area contributed by atoms with E-state index in [0.717, 1.165) is 18.3 Å². The molecule has 34 heavy (non-hydrogen) atoms. The van der Waals surface area contributed by atoms with Gasteiger partial charge in [-0.05, 0) is 37.1 Å². The summed E-state index contributed by atoms with van der Waals surface area (Å²) >= 11 is 0. The van der Waals surface area contributed by atoms with Crippen LogP contribution in [0.25, 0.3) is 0 Å². The zero-order valence-electron chi connectivity index (χ0n) is 18.1. The number of amides is 1. The number of Topliss-reactive ketones (excluding diaryl/α,β-unsaturated/α-hetero) is 1. The van der Waals surface area contributed by atoms with Crippen molar-refractivity contribution in [3.05, 3.63) is 65.0 Å². The molecule has 180 valence electrons. The van der Waals surface area contributed by atoms with Gasteiger partial charge in [0.1, 0.15) is 12.0 Å². The number of nitrogens with one attached hydrogen (secondary N) is 1. The summed E-state index contributed by atoms with van der Waals surface area (Å²) in [6.45, 7) is -0.0758. The Balaban J connectivity index is 1.47. The van der Waals surface area contributed by atoms with E-state index >= 15 is 0 Å². The molecule has 1 atom stereocenters. The van der Waals surface area contributed by atoms with Crippen LogP contribution in [0.4, 0.5) is 17.6 Å². The van der Waals surface area contributed by atoms with Crippen LogP contribution in [0.15, 0.2) is 36.7 Å². The minimum Gasteiger partial charge on any atom is -0.354 e. The van der Waals surface area contributed by atoms with E-state index in [-0.39, 0.29) is 49.4 Å². The molecule has 0 bridgehead atoms. The smallest absolute Gasteiger partial charge is 0.354 e. The number of aromatic nitrogens is 6. The SMILES string of the molecule is CNC(=O)c1cn(C[C@H](F)CCc2ccc(CC(=O)Cc3cc(C(F)(F)F)ccn3)nn2)nn1. The number of carbonyl (C=O) groups excluding carboxylic acids is 2. The predicted molar refractivity (Wildman–Crippen MR) is 110 cm³/mol. The van der Waals surface area contributed by atoms with E-state index in [9.17, 15) is 27.2 Å². The summed E-state index contributed by atoms with van der Waals surface area (Å²) in [5.41, 5.74) is 0.115. The Morgan fingerprint density at radius 3 is 2.44 bits per heavy atom. The lowest BCUT2D eigenvalue weighted by Gasteiger charge is -2.08. The van der Waals surface area contributed by atoms with Crippen molar-refractivity contribution in [2.24, 2.45) is 0 Å². The van der Waals surface area contributed by atoms with Gasteiger partial charge in [-0.2, -0.15) is 23.4 Å². The minimum absolute atomic E-state index is 0.0215. The highest BCUT2D eigenvalue weighted by Crippen LogP contribution is 2.29. The van der Waals surface area contributed by atoms with Crippen LogP contribution in [-0.2, 0) is 36.8 Å². The summed E-state index contributed by atoms with van der Waals surface area (Å²) in [7, 11) is 1.45. The fraction of sp³-hybridized carbons (Fsp3) is 0.381. The van der Waals surface area contributed by atoms with E-state index in [0.29, 0.717) is 11.4 Å². The molecule has 0 aliphatic heterocycles. The van der Waals surface area contributed by atoms with E-state index in [1.807, 2.05) is 0 Å². The Labute approximate surface area is 191 Å². The molecular formula is C21H21F4N7O2. The van der Waals surface area contributed by atoms with Crippen LogP contribution in [0.2, 0.25) is 0 Å². The van der Waals surface area contributed by atoms with Crippen LogP contribution in [0.3, 0.4) is 0 Å². The van der Waals surface area contributed by atoms with Crippen LogP contribution in [0.5, 0.6) is 0 Å². The van der Waals surface area contributed by atoms with Gasteiger partial charge in [0.2, 0.25) is 0 Å². The Hall–Kier alpha value is -3.77. The molecule has 0 aliphatic carbocycles. The summed E-state index contributed by atoms with van der Waals surface area (Å²) in [6, 6.07) is 4.87. The van der Waals surface area contributed by atoms with E-state index < -0.39 is 23.8 Å². The third-order valence-electron chi connectivity index (χ3n) is 4.77. The van der Waals surface area contributed by atoms with Crippen molar-refractivity contribution in [2.75, 3.05) is 7.05 Å². The lowest BCUT2D eigenvalue weighted by atomic mass is 10.1. The molecule has 3 aromatic heterocycles.